The first-order valence-corrected chi connectivity index (χ1v) is 9.28. The van der Waals surface area contributed by atoms with E-state index >= 15 is 0 Å². The third kappa shape index (κ3) is 2.53. The second kappa shape index (κ2) is 5.51. The van der Waals surface area contributed by atoms with Gasteiger partial charge in [0.25, 0.3) is 0 Å². The average molecular weight is 344 g/mol. The Hall–Kier alpha value is -1.11. The fourth-order valence-corrected chi connectivity index (χ4v) is 5.65. The van der Waals surface area contributed by atoms with E-state index in [-0.39, 0.29) is 18.2 Å². The maximum Gasteiger partial charge on any atom is 0.311 e. The van der Waals surface area contributed by atoms with Gasteiger partial charge in [0.05, 0.1) is 11.2 Å². The van der Waals surface area contributed by atoms with Crippen LogP contribution < -0.4 is 0 Å². The van der Waals surface area contributed by atoms with Gasteiger partial charge in [0.1, 0.15) is 0 Å². The third-order valence-electron chi connectivity index (χ3n) is 4.95. The van der Waals surface area contributed by atoms with E-state index in [2.05, 4.69) is 0 Å². The number of rotatable bonds is 4. The fourth-order valence-electron chi connectivity index (χ4n) is 3.71. The first-order valence-electron chi connectivity index (χ1n) is 7.30. The average Bonchev–Trinajstić information content (AvgIpc) is 2.99. The molecule has 0 aromatic heterocycles. The minimum Gasteiger partial charge on any atom is -0.481 e. The molecule has 120 valence electrons. The van der Waals surface area contributed by atoms with Crippen LogP contribution in [-0.4, -0.2) is 36.9 Å². The molecule has 7 heteroatoms. The van der Waals surface area contributed by atoms with Crippen molar-refractivity contribution < 1.29 is 18.3 Å². The van der Waals surface area contributed by atoms with Crippen LogP contribution in [0.5, 0.6) is 0 Å². The molecule has 1 aliphatic heterocycles. The number of hydrogen-bond donors (Lipinski definition) is 1. The standard InChI is InChI=1S/C15H18ClNO4S/c16-13-6-2-1-4-11(13)9-22(20,21)17-8-12-5-3-7-15(12,10-17)14(18)19/h1-2,4,6,12H,3,5,7-10H2,(H,18,19)/t12-,15+/m0/s1. The maximum atomic E-state index is 12.6. The summed E-state index contributed by atoms with van der Waals surface area (Å²) in [6.07, 6.45) is 2.20. The Morgan fingerprint density at radius 2 is 2.14 bits per heavy atom. The molecule has 1 heterocycles. The molecule has 3 rings (SSSR count). The van der Waals surface area contributed by atoms with E-state index in [0.29, 0.717) is 23.6 Å². The predicted octanol–water partition coefficient (Wildman–Crippen LogP) is 2.36. The van der Waals surface area contributed by atoms with Gasteiger partial charge in [-0.25, -0.2) is 12.7 Å². The minimum atomic E-state index is -3.56. The summed E-state index contributed by atoms with van der Waals surface area (Å²) in [5.74, 6) is -1.13. The van der Waals surface area contributed by atoms with Gasteiger partial charge in [-0.15, -0.1) is 0 Å². The molecule has 1 aromatic carbocycles. The van der Waals surface area contributed by atoms with E-state index < -0.39 is 21.4 Å². The summed E-state index contributed by atoms with van der Waals surface area (Å²) in [6, 6.07) is 6.83. The minimum absolute atomic E-state index is 0.0778. The molecule has 1 saturated heterocycles. The van der Waals surface area contributed by atoms with Crippen molar-refractivity contribution in [2.45, 2.75) is 25.0 Å². The third-order valence-corrected chi connectivity index (χ3v) is 7.06. The largest absolute Gasteiger partial charge is 0.481 e. The highest BCUT2D eigenvalue weighted by atomic mass is 35.5. The molecule has 2 aliphatic rings. The van der Waals surface area contributed by atoms with Crippen LogP contribution in [0, 0.1) is 11.3 Å². The van der Waals surface area contributed by atoms with Gasteiger partial charge in [-0.3, -0.25) is 4.79 Å². The highest BCUT2D eigenvalue weighted by molar-refractivity contribution is 7.88. The number of hydrogen-bond acceptors (Lipinski definition) is 3. The lowest BCUT2D eigenvalue weighted by atomic mass is 9.81. The Kier molecular flexibility index (Phi) is 3.95. The van der Waals surface area contributed by atoms with Crippen molar-refractivity contribution in [3.63, 3.8) is 0 Å². The van der Waals surface area contributed by atoms with Crippen molar-refractivity contribution in [3.8, 4) is 0 Å². The zero-order chi connectivity index (χ0) is 16.0. The molecule has 0 amide bonds. The second-order valence-electron chi connectivity index (χ2n) is 6.19. The number of benzene rings is 1. The zero-order valence-corrected chi connectivity index (χ0v) is 13.6. The first kappa shape index (κ1) is 15.8. The number of halogens is 1. The van der Waals surface area contributed by atoms with Crippen molar-refractivity contribution in [1.82, 2.24) is 4.31 Å². The van der Waals surface area contributed by atoms with Crippen molar-refractivity contribution in [2.75, 3.05) is 13.1 Å². The topological polar surface area (TPSA) is 74.7 Å². The van der Waals surface area contributed by atoms with E-state index in [0.717, 1.165) is 12.8 Å². The summed E-state index contributed by atoms with van der Waals surface area (Å²) in [5.41, 5.74) is -0.348. The molecule has 0 spiro atoms. The van der Waals surface area contributed by atoms with E-state index in [9.17, 15) is 18.3 Å². The van der Waals surface area contributed by atoms with Gasteiger partial charge >= 0.3 is 5.97 Å². The molecule has 2 atom stereocenters. The van der Waals surface area contributed by atoms with E-state index in [1.165, 1.54) is 4.31 Å². The van der Waals surface area contributed by atoms with Crippen molar-refractivity contribution in [2.24, 2.45) is 11.3 Å². The Bertz CT molecular complexity index is 705. The monoisotopic (exact) mass is 343 g/mol. The van der Waals surface area contributed by atoms with Gasteiger partial charge in [-0.05, 0) is 30.4 Å². The number of aliphatic carboxylic acids is 1. The number of fused-ring (bicyclic) bond motifs is 1. The van der Waals surface area contributed by atoms with Gasteiger partial charge in [-0.1, -0.05) is 36.2 Å². The molecule has 22 heavy (non-hydrogen) atoms. The van der Waals surface area contributed by atoms with E-state index in [1.54, 1.807) is 24.3 Å². The molecule has 1 aromatic rings. The Labute approximate surface area is 134 Å². The lowest BCUT2D eigenvalue weighted by Gasteiger charge is -2.23. The van der Waals surface area contributed by atoms with E-state index in [4.69, 9.17) is 11.6 Å². The number of carboxylic acid groups (broad SMARTS) is 1. The second-order valence-corrected chi connectivity index (χ2v) is 8.57. The Morgan fingerprint density at radius 1 is 1.41 bits per heavy atom. The summed E-state index contributed by atoms with van der Waals surface area (Å²) < 4.78 is 26.6. The van der Waals surface area contributed by atoms with Gasteiger partial charge < -0.3 is 5.11 Å². The lowest BCUT2D eigenvalue weighted by Crippen LogP contribution is -2.37. The first-order chi connectivity index (χ1) is 10.3. The van der Waals surface area contributed by atoms with Crippen molar-refractivity contribution >= 4 is 27.6 Å². The molecule has 1 N–H and O–H groups in total. The number of carbonyl (C=O) groups is 1. The van der Waals surface area contributed by atoms with Crippen LogP contribution >= 0.6 is 11.6 Å². The summed E-state index contributed by atoms with van der Waals surface area (Å²) in [5, 5.41) is 9.96. The van der Waals surface area contributed by atoms with Gasteiger partial charge in [0.2, 0.25) is 10.0 Å². The van der Waals surface area contributed by atoms with Crippen LogP contribution in [0.2, 0.25) is 5.02 Å². The highest BCUT2D eigenvalue weighted by Gasteiger charge is 2.56. The zero-order valence-electron chi connectivity index (χ0n) is 12.0. The lowest BCUT2D eigenvalue weighted by molar-refractivity contribution is -0.149. The van der Waals surface area contributed by atoms with Crippen LogP contribution in [0.15, 0.2) is 24.3 Å². The summed E-state index contributed by atoms with van der Waals surface area (Å²) in [4.78, 5) is 11.6. The predicted molar refractivity (Wildman–Crippen MR) is 83.1 cm³/mol. The smallest absolute Gasteiger partial charge is 0.311 e. The van der Waals surface area contributed by atoms with Crippen LogP contribution in [0.1, 0.15) is 24.8 Å². The summed E-state index contributed by atoms with van der Waals surface area (Å²) in [7, 11) is -3.56. The molecule has 0 radical (unpaired) electrons. The molecular formula is C15H18ClNO4S. The quantitative estimate of drug-likeness (QED) is 0.910. The maximum absolute atomic E-state index is 12.6. The number of nitrogens with zero attached hydrogens (tertiary/aromatic N) is 1. The van der Waals surface area contributed by atoms with Gasteiger partial charge in [-0.2, -0.15) is 0 Å². The van der Waals surface area contributed by atoms with Crippen molar-refractivity contribution in [3.05, 3.63) is 34.9 Å². The normalized spacial score (nSPS) is 28.7. The number of sulfonamides is 1. The van der Waals surface area contributed by atoms with Crippen molar-refractivity contribution in [1.29, 1.82) is 0 Å². The highest BCUT2D eigenvalue weighted by Crippen LogP contribution is 2.49. The van der Waals surface area contributed by atoms with Crippen LogP contribution in [0.25, 0.3) is 0 Å². The molecule has 2 fully saturated rings. The Morgan fingerprint density at radius 3 is 2.77 bits per heavy atom. The van der Waals surface area contributed by atoms with Crippen LogP contribution in [-0.2, 0) is 20.6 Å². The SMILES string of the molecule is O=C(O)[C@@]12CCC[C@H]1CN(S(=O)(=O)Cc1ccccc1Cl)C2. The molecule has 1 aliphatic carbocycles. The van der Waals surface area contributed by atoms with Gasteiger partial charge in [0.15, 0.2) is 0 Å². The molecule has 0 unspecified atom stereocenters. The van der Waals surface area contributed by atoms with Crippen LogP contribution in [0.3, 0.4) is 0 Å². The summed E-state index contributed by atoms with van der Waals surface area (Å²) >= 11 is 6.03. The van der Waals surface area contributed by atoms with Crippen LogP contribution in [0.4, 0.5) is 0 Å². The van der Waals surface area contributed by atoms with Gasteiger partial charge in [0, 0.05) is 18.1 Å². The molecular weight excluding hydrogens is 326 g/mol. The molecule has 0 bridgehead atoms. The van der Waals surface area contributed by atoms with E-state index in [1.807, 2.05) is 0 Å². The fraction of sp³-hybridized carbons (Fsp3) is 0.533. The molecule has 1 saturated carbocycles. The number of carboxylic acids is 1. The molecule has 5 nitrogen and oxygen atoms in total. The Balaban J connectivity index is 1.83. The summed E-state index contributed by atoms with van der Waals surface area (Å²) in [6.45, 7) is 0.388.